The molecule has 1 amide bonds. The number of aromatic nitrogens is 1. The van der Waals surface area contributed by atoms with Crippen LogP contribution in [0, 0.1) is 5.92 Å². The summed E-state index contributed by atoms with van der Waals surface area (Å²) < 4.78 is 5.25. The van der Waals surface area contributed by atoms with Gasteiger partial charge in [0.25, 0.3) is 5.91 Å². The quantitative estimate of drug-likeness (QED) is 0.621. The Kier molecular flexibility index (Phi) is 4.44. The van der Waals surface area contributed by atoms with Crippen molar-refractivity contribution in [3.63, 3.8) is 0 Å². The Morgan fingerprint density at radius 1 is 1.43 bits per heavy atom. The van der Waals surface area contributed by atoms with Gasteiger partial charge < -0.3 is 25.6 Å². The fraction of sp³-hybridized carbons (Fsp3) is 0.533. The van der Waals surface area contributed by atoms with Gasteiger partial charge in [-0.15, -0.1) is 0 Å². The van der Waals surface area contributed by atoms with Crippen LogP contribution < -0.4 is 15.4 Å². The van der Waals surface area contributed by atoms with E-state index in [0.717, 1.165) is 0 Å². The van der Waals surface area contributed by atoms with E-state index < -0.39 is 18.0 Å². The number of aliphatic carboxylic acids is 1. The van der Waals surface area contributed by atoms with Gasteiger partial charge in [-0.25, -0.2) is 4.98 Å². The van der Waals surface area contributed by atoms with Gasteiger partial charge in [-0.3, -0.25) is 9.59 Å². The molecule has 2 heterocycles. The Labute approximate surface area is 132 Å². The number of hydrogen-bond acceptors (Lipinski definition) is 6. The van der Waals surface area contributed by atoms with E-state index in [1.165, 1.54) is 0 Å². The van der Waals surface area contributed by atoms with E-state index in [1.54, 1.807) is 12.1 Å². The van der Waals surface area contributed by atoms with E-state index >= 15 is 0 Å². The van der Waals surface area contributed by atoms with Crippen molar-refractivity contribution in [1.29, 1.82) is 0 Å². The van der Waals surface area contributed by atoms with Crippen molar-refractivity contribution in [1.82, 2.24) is 10.3 Å². The third-order valence-electron chi connectivity index (χ3n) is 4.24. The van der Waals surface area contributed by atoms with Gasteiger partial charge in [0.15, 0.2) is 18.2 Å². The first-order chi connectivity index (χ1) is 11.0. The maximum absolute atomic E-state index is 11.3. The largest absolute Gasteiger partial charge is 0.481 e. The fourth-order valence-corrected chi connectivity index (χ4v) is 2.95. The molecule has 1 fully saturated rings. The molecule has 2 aliphatic rings. The summed E-state index contributed by atoms with van der Waals surface area (Å²) in [5.74, 6) is -0.629. The summed E-state index contributed by atoms with van der Waals surface area (Å²) in [6, 6.07) is 3.38. The Bertz CT molecular complexity index is 621. The molecule has 3 rings (SSSR count). The molecule has 4 N–H and O–H groups in total. The number of carboxylic acids is 1. The SMILES string of the molecule is O=C1COc2ccc(CN[C@@H]3CC[C@@H](C(=O)O)C[C@H]3O)nc2N1. The predicted octanol–water partition coefficient (Wildman–Crippen LogP) is 0.116. The number of carbonyl (C=O) groups excluding carboxylic acids is 1. The van der Waals surface area contributed by atoms with Crippen LogP contribution >= 0.6 is 0 Å². The van der Waals surface area contributed by atoms with E-state index in [-0.39, 0.29) is 25.0 Å². The number of hydrogen-bond donors (Lipinski definition) is 4. The lowest BCUT2D eigenvalue weighted by atomic mass is 9.84. The first-order valence-electron chi connectivity index (χ1n) is 7.60. The molecule has 0 unspecified atom stereocenters. The molecule has 1 saturated carbocycles. The highest BCUT2D eigenvalue weighted by Gasteiger charge is 2.32. The maximum atomic E-state index is 11.3. The van der Waals surface area contributed by atoms with Crippen molar-refractivity contribution in [2.24, 2.45) is 5.92 Å². The summed E-state index contributed by atoms with van der Waals surface area (Å²) in [5, 5.41) is 24.9. The van der Waals surface area contributed by atoms with Gasteiger partial charge in [-0.1, -0.05) is 0 Å². The molecule has 124 valence electrons. The van der Waals surface area contributed by atoms with Crippen LogP contribution in [0.4, 0.5) is 5.82 Å². The van der Waals surface area contributed by atoms with E-state index in [4.69, 9.17) is 9.84 Å². The van der Waals surface area contributed by atoms with Crippen LogP contribution in [0.25, 0.3) is 0 Å². The Morgan fingerprint density at radius 2 is 2.26 bits per heavy atom. The Hall–Kier alpha value is -2.19. The topological polar surface area (TPSA) is 121 Å². The van der Waals surface area contributed by atoms with Gasteiger partial charge in [0.05, 0.1) is 17.7 Å². The number of amides is 1. The molecule has 1 aliphatic heterocycles. The Morgan fingerprint density at radius 3 is 3.00 bits per heavy atom. The molecular formula is C15H19N3O5. The molecule has 1 aromatic rings. The van der Waals surface area contributed by atoms with Crippen LogP contribution in [-0.4, -0.2) is 45.8 Å². The highest BCUT2D eigenvalue weighted by molar-refractivity contribution is 5.94. The number of carbonyl (C=O) groups is 2. The maximum Gasteiger partial charge on any atom is 0.306 e. The van der Waals surface area contributed by atoms with E-state index in [2.05, 4.69) is 15.6 Å². The van der Waals surface area contributed by atoms with Gasteiger partial charge in [0, 0.05) is 12.6 Å². The number of pyridine rings is 1. The lowest BCUT2D eigenvalue weighted by Gasteiger charge is -2.31. The molecular weight excluding hydrogens is 302 g/mol. The number of aliphatic hydroxyl groups excluding tert-OH is 1. The average Bonchev–Trinajstić information content (AvgIpc) is 2.53. The van der Waals surface area contributed by atoms with Crippen molar-refractivity contribution >= 4 is 17.7 Å². The normalized spacial score (nSPS) is 26.8. The Balaban J connectivity index is 1.58. The number of nitrogens with one attached hydrogen (secondary N) is 2. The van der Waals surface area contributed by atoms with Crippen molar-refractivity contribution in [2.45, 2.75) is 38.0 Å². The minimum Gasteiger partial charge on any atom is -0.481 e. The zero-order valence-electron chi connectivity index (χ0n) is 12.5. The molecule has 1 aliphatic carbocycles. The summed E-state index contributed by atoms with van der Waals surface area (Å²) in [6.07, 6.45) is 0.716. The van der Waals surface area contributed by atoms with Crippen LogP contribution in [-0.2, 0) is 16.1 Å². The molecule has 23 heavy (non-hydrogen) atoms. The second-order valence-corrected chi connectivity index (χ2v) is 5.89. The van der Waals surface area contributed by atoms with Gasteiger partial charge in [0.1, 0.15) is 0 Å². The third-order valence-corrected chi connectivity index (χ3v) is 4.24. The summed E-state index contributed by atoms with van der Waals surface area (Å²) in [6.45, 7) is 0.411. The molecule has 8 heteroatoms. The number of carboxylic acid groups (broad SMARTS) is 1. The zero-order chi connectivity index (χ0) is 16.4. The minimum atomic E-state index is -0.852. The smallest absolute Gasteiger partial charge is 0.306 e. The first-order valence-corrected chi connectivity index (χ1v) is 7.60. The molecule has 0 spiro atoms. The summed E-state index contributed by atoms with van der Waals surface area (Å²) in [7, 11) is 0. The number of aliphatic hydroxyl groups is 1. The third kappa shape index (κ3) is 3.59. The van der Waals surface area contributed by atoms with Gasteiger partial charge >= 0.3 is 5.97 Å². The highest BCUT2D eigenvalue weighted by Crippen LogP contribution is 2.27. The van der Waals surface area contributed by atoms with Gasteiger partial charge in [-0.05, 0) is 31.4 Å². The molecule has 3 atom stereocenters. The number of ether oxygens (including phenoxy) is 1. The second-order valence-electron chi connectivity index (χ2n) is 5.89. The fourth-order valence-electron chi connectivity index (χ4n) is 2.95. The number of anilines is 1. The lowest BCUT2D eigenvalue weighted by molar-refractivity contribution is -0.144. The average molecular weight is 321 g/mol. The molecule has 0 saturated heterocycles. The number of nitrogens with zero attached hydrogens (tertiary/aromatic N) is 1. The predicted molar refractivity (Wildman–Crippen MR) is 80.0 cm³/mol. The molecule has 0 aromatic carbocycles. The van der Waals surface area contributed by atoms with E-state index in [1.807, 2.05) is 0 Å². The van der Waals surface area contributed by atoms with E-state index in [9.17, 15) is 14.7 Å². The van der Waals surface area contributed by atoms with Crippen molar-refractivity contribution < 1.29 is 24.5 Å². The summed E-state index contributed by atoms with van der Waals surface area (Å²) >= 11 is 0. The van der Waals surface area contributed by atoms with Crippen LogP contribution in [0.5, 0.6) is 5.75 Å². The molecule has 8 nitrogen and oxygen atoms in total. The standard InChI is InChI=1S/C15H19N3O5/c19-11-5-8(15(21)22)1-3-10(11)16-6-9-2-4-12-14(17-9)18-13(20)7-23-12/h2,4,8,10-11,16,19H,1,3,5-7H2,(H,21,22)(H,17,18,20)/t8-,10-,11-/m1/s1. The number of fused-ring (bicyclic) bond motifs is 1. The zero-order valence-corrected chi connectivity index (χ0v) is 12.5. The van der Waals surface area contributed by atoms with Crippen LogP contribution in [0.1, 0.15) is 25.0 Å². The monoisotopic (exact) mass is 321 g/mol. The first kappa shape index (κ1) is 15.7. The highest BCUT2D eigenvalue weighted by atomic mass is 16.5. The van der Waals surface area contributed by atoms with Crippen molar-refractivity contribution in [2.75, 3.05) is 11.9 Å². The van der Waals surface area contributed by atoms with Crippen LogP contribution in [0.3, 0.4) is 0 Å². The van der Waals surface area contributed by atoms with Crippen molar-refractivity contribution in [3.05, 3.63) is 17.8 Å². The van der Waals surface area contributed by atoms with Crippen molar-refractivity contribution in [3.8, 4) is 5.75 Å². The number of rotatable bonds is 4. The molecule has 0 radical (unpaired) electrons. The van der Waals surface area contributed by atoms with Gasteiger partial charge in [-0.2, -0.15) is 0 Å². The van der Waals surface area contributed by atoms with E-state index in [0.29, 0.717) is 36.6 Å². The molecule has 0 bridgehead atoms. The summed E-state index contributed by atoms with van der Waals surface area (Å²) in [5.41, 5.74) is 0.710. The second kappa shape index (κ2) is 6.51. The lowest BCUT2D eigenvalue weighted by Crippen LogP contribution is -2.45. The van der Waals surface area contributed by atoms with Crippen LogP contribution in [0.15, 0.2) is 12.1 Å². The van der Waals surface area contributed by atoms with Gasteiger partial charge in [0.2, 0.25) is 0 Å². The van der Waals surface area contributed by atoms with Crippen LogP contribution in [0.2, 0.25) is 0 Å². The molecule has 1 aromatic heterocycles. The summed E-state index contributed by atoms with van der Waals surface area (Å²) in [4.78, 5) is 26.6. The minimum absolute atomic E-state index is 0.00864.